The molecule has 1 aliphatic rings. The molecule has 1 aliphatic carbocycles. The van der Waals surface area contributed by atoms with E-state index in [4.69, 9.17) is 16.6 Å². The number of thiocarbonyl (C=S) groups is 1. The minimum absolute atomic E-state index is 0.330. The maximum Gasteiger partial charge on any atom is 0.336 e. The molecule has 4 nitrogen and oxygen atoms in total. The molecular formula is C18H22N2O2S. The van der Waals surface area contributed by atoms with Crippen LogP contribution in [-0.4, -0.2) is 11.2 Å². The highest BCUT2D eigenvalue weighted by atomic mass is 32.1. The molecule has 1 fully saturated rings. The van der Waals surface area contributed by atoms with Crippen molar-refractivity contribution in [1.29, 1.82) is 0 Å². The fourth-order valence-corrected chi connectivity index (χ4v) is 3.54. The first kappa shape index (κ1) is 16.0. The highest BCUT2D eigenvalue weighted by Gasteiger charge is 2.21. The first-order chi connectivity index (χ1) is 11.0. The van der Waals surface area contributed by atoms with Gasteiger partial charge in [-0.3, -0.25) is 0 Å². The largest absolute Gasteiger partial charge is 0.423 e. The van der Waals surface area contributed by atoms with Crippen molar-refractivity contribution in [1.82, 2.24) is 5.32 Å². The summed E-state index contributed by atoms with van der Waals surface area (Å²) in [6, 6.07) is 7.66. The average molecular weight is 330 g/mol. The van der Waals surface area contributed by atoms with Crippen LogP contribution >= 0.6 is 12.2 Å². The van der Waals surface area contributed by atoms with Crippen LogP contribution < -0.4 is 16.3 Å². The van der Waals surface area contributed by atoms with Crippen molar-refractivity contribution in [3.8, 4) is 0 Å². The number of nitrogens with one attached hydrogen (secondary N) is 2. The number of aryl methyl sites for hydroxylation is 1. The molecule has 2 N–H and O–H groups in total. The fourth-order valence-electron chi connectivity index (χ4n) is 3.27. The standard InChI is InChI=1S/C18H22N2O2S/c1-11-5-3-4-6-15(11)20-18(23)19-13-7-8-14-12(2)9-17(21)22-16(14)10-13/h7-11,15H,3-6H2,1-2H3,(H2,19,20,23)/t11-,15-/m0/s1. The van der Waals surface area contributed by atoms with E-state index in [0.29, 0.717) is 22.7 Å². The lowest BCUT2D eigenvalue weighted by atomic mass is 9.86. The number of hydrogen-bond acceptors (Lipinski definition) is 3. The second kappa shape index (κ2) is 6.71. The van der Waals surface area contributed by atoms with E-state index < -0.39 is 0 Å². The van der Waals surface area contributed by atoms with Crippen LogP contribution in [0.25, 0.3) is 11.0 Å². The maximum absolute atomic E-state index is 11.5. The molecular weight excluding hydrogens is 308 g/mol. The van der Waals surface area contributed by atoms with Gasteiger partial charge in [0.25, 0.3) is 0 Å². The van der Waals surface area contributed by atoms with Gasteiger partial charge in [-0.05, 0) is 55.6 Å². The normalized spacial score (nSPS) is 21.1. The van der Waals surface area contributed by atoms with Gasteiger partial charge in [0, 0.05) is 29.2 Å². The predicted octanol–water partition coefficient (Wildman–Crippen LogP) is 3.97. The zero-order valence-electron chi connectivity index (χ0n) is 13.5. The van der Waals surface area contributed by atoms with Gasteiger partial charge in [0.1, 0.15) is 5.58 Å². The Morgan fingerprint density at radius 1 is 1.26 bits per heavy atom. The Kier molecular flexibility index (Phi) is 4.66. The molecule has 0 amide bonds. The summed E-state index contributed by atoms with van der Waals surface area (Å²) in [5, 5.41) is 8.18. The van der Waals surface area contributed by atoms with E-state index in [1.165, 1.54) is 25.3 Å². The molecule has 2 aromatic rings. The first-order valence-corrected chi connectivity index (χ1v) is 8.56. The number of anilines is 1. The molecule has 1 aromatic carbocycles. The molecule has 0 radical (unpaired) electrons. The van der Waals surface area contributed by atoms with E-state index in [0.717, 1.165) is 23.1 Å². The summed E-state index contributed by atoms with van der Waals surface area (Å²) < 4.78 is 5.27. The Morgan fingerprint density at radius 3 is 2.83 bits per heavy atom. The number of fused-ring (bicyclic) bond motifs is 1. The van der Waals surface area contributed by atoms with Crippen LogP contribution in [0.1, 0.15) is 38.2 Å². The summed E-state index contributed by atoms with van der Waals surface area (Å²) in [7, 11) is 0. The van der Waals surface area contributed by atoms with E-state index in [1.807, 2.05) is 25.1 Å². The molecule has 5 heteroatoms. The molecule has 1 aromatic heterocycles. The van der Waals surface area contributed by atoms with Crippen molar-refractivity contribution in [2.24, 2.45) is 5.92 Å². The van der Waals surface area contributed by atoms with Crippen LogP contribution in [0.5, 0.6) is 0 Å². The third kappa shape index (κ3) is 3.72. The molecule has 0 spiro atoms. The summed E-state index contributed by atoms with van der Waals surface area (Å²) in [5.74, 6) is 0.640. The zero-order valence-corrected chi connectivity index (χ0v) is 14.3. The van der Waals surface area contributed by atoms with Crippen LogP contribution in [0.2, 0.25) is 0 Å². The Bertz CT molecular complexity index is 784. The van der Waals surface area contributed by atoms with Crippen molar-refractivity contribution in [2.75, 3.05) is 5.32 Å². The molecule has 2 atom stereocenters. The van der Waals surface area contributed by atoms with Crippen LogP contribution in [0.4, 0.5) is 5.69 Å². The lowest BCUT2D eigenvalue weighted by Gasteiger charge is -2.30. The third-order valence-electron chi connectivity index (χ3n) is 4.64. The van der Waals surface area contributed by atoms with Crippen molar-refractivity contribution >= 4 is 34.0 Å². The Morgan fingerprint density at radius 2 is 2.04 bits per heavy atom. The lowest BCUT2D eigenvalue weighted by Crippen LogP contribution is -2.43. The van der Waals surface area contributed by atoms with Crippen molar-refractivity contribution in [3.05, 3.63) is 40.2 Å². The fraction of sp³-hybridized carbons (Fsp3) is 0.444. The van der Waals surface area contributed by atoms with E-state index in [9.17, 15) is 4.79 Å². The lowest BCUT2D eigenvalue weighted by molar-refractivity contribution is 0.309. The minimum Gasteiger partial charge on any atom is -0.423 e. The predicted molar refractivity (Wildman–Crippen MR) is 98.0 cm³/mol. The summed E-state index contributed by atoms with van der Waals surface area (Å²) in [6.07, 6.45) is 4.98. The molecule has 0 saturated heterocycles. The Labute approximate surface area is 141 Å². The van der Waals surface area contributed by atoms with Gasteiger partial charge in [0.05, 0.1) is 0 Å². The molecule has 1 heterocycles. The first-order valence-electron chi connectivity index (χ1n) is 8.15. The maximum atomic E-state index is 11.5. The van der Waals surface area contributed by atoms with Gasteiger partial charge in [0.15, 0.2) is 5.11 Å². The molecule has 122 valence electrons. The van der Waals surface area contributed by atoms with Crippen LogP contribution in [0, 0.1) is 12.8 Å². The number of hydrogen-bond donors (Lipinski definition) is 2. The Hall–Kier alpha value is -1.88. The van der Waals surface area contributed by atoms with Crippen molar-refractivity contribution < 1.29 is 4.42 Å². The van der Waals surface area contributed by atoms with E-state index >= 15 is 0 Å². The van der Waals surface area contributed by atoms with E-state index in [1.54, 1.807) is 0 Å². The highest BCUT2D eigenvalue weighted by Crippen LogP contribution is 2.24. The summed E-state index contributed by atoms with van der Waals surface area (Å²) in [5.41, 5.74) is 1.99. The second-order valence-corrected chi connectivity index (χ2v) is 6.83. The quantitative estimate of drug-likeness (QED) is 0.645. The van der Waals surface area contributed by atoms with Crippen LogP contribution in [0.15, 0.2) is 33.5 Å². The smallest absolute Gasteiger partial charge is 0.336 e. The Balaban J connectivity index is 1.73. The van der Waals surface area contributed by atoms with Crippen molar-refractivity contribution in [2.45, 2.75) is 45.6 Å². The zero-order chi connectivity index (χ0) is 16.4. The monoisotopic (exact) mass is 330 g/mol. The van der Waals surface area contributed by atoms with Gasteiger partial charge in [-0.15, -0.1) is 0 Å². The van der Waals surface area contributed by atoms with Gasteiger partial charge >= 0.3 is 5.63 Å². The van der Waals surface area contributed by atoms with E-state index in [-0.39, 0.29) is 5.63 Å². The average Bonchev–Trinajstić information content (AvgIpc) is 2.49. The van der Waals surface area contributed by atoms with Crippen LogP contribution in [-0.2, 0) is 0 Å². The molecule has 3 rings (SSSR count). The number of rotatable bonds is 2. The SMILES string of the molecule is Cc1cc(=O)oc2cc(NC(=S)N[C@H]3CCCC[C@@H]3C)ccc12. The van der Waals surface area contributed by atoms with Crippen LogP contribution in [0.3, 0.4) is 0 Å². The van der Waals surface area contributed by atoms with Gasteiger partial charge in [0.2, 0.25) is 0 Å². The molecule has 1 saturated carbocycles. The molecule has 23 heavy (non-hydrogen) atoms. The third-order valence-corrected chi connectivity index (χ3v) is 4.86. The molecule has 0 bridgehead atoms. The van der Waals surface area contributed by atoms with E-state index in [2.05, 4.69) is 17.6 Å². The molecule has 0 unspecified atom stereocenters. The summed E-state index contributed by atoms with van der Waals surface area (Å²) in [6.45, 7) is 4.18. The summed E-state index contributed by atoms with van der Waals surface area (Å²) >= 11 is 5.43. The second-order valence-electron chi connectivity index (χ2n) is 6.43. The van der Waals surface area contributed by atoms with Crippen molar-refractivity contribution in [3.63, 3.8) is 0 Å². The topological polar surface area (TPSA) is 54.3 Å². The van der Waals surface area contributed by atoms with Gasteiger partial charge in [-0.1, -0.05) is 19.8 Å². The van der Waals surface area contributed by atoms with Gasteiger partial charge in [-0.25, -0.2) is 4.79 Å². The van der Waals surface area contributed by atoms with Gasteiger partial charge < -0.3 is 15.1 Å². The summed E-state index contributed by atoms with van der Waals surface area (Å²) in [4.78, 5) is 11.5. The number of benzene rings is 1. The molecule has 0 aliphatic heterocycles. The van der Waals surface area contributed by atoms with Gasteiger partial charge in [-0.2, -0.15) is 0 Å². The highest BCUT2D eigenvalue weighted by molar-refractivity contribution is 7.80. The minimum atomic E-state index is -0.330.